The first-order chi connectivity index (χ1) is 16.3. The lowest BCUT2D eigenvalue weighted by Crippen LogP contribution is -2.45. The fourth-order valence-corrected chi connectivity index (χ4v) is 3.44. The Labute approximate surface area is 192 Å². The Morgan fingerprint density at radius 3 is 2.35 bits per heavy atom. The van der Waals surface area contributed by atoms with E-state index in [-0.39, 0.29) is 28.4 Å². The number of carbonyl (C=O) groups is 2. The van der Waals surface area contributed by atoms with Crippen LogP contribution in [0.3, 0.4) is 0 Å². The van der Waals surface area contributed by atoms with Gasteiger partial charge in [0.15, 0.2) is 5.78 Å². The zero-order valence-electron chi connectivity index (χ0n) is 17.5. The lowest BCUT2D eigenvalue weighted by Gasteiger charge is -2.24. The van der Waals surface area contributed by atoms with Gasteiger partial charge in [0.1, 0.15) is 11.7 Å². The number of hydrazine groups is 1. The summed E-state index contributed by atoms with van der Waals surface area (Å²) in [5, 5.41) is 12.7. The summed E-state index contributed by atoms with van der Waals surface area (Å²) in [6, 6.07) is 20.4. The predicted octanol–water partition coefficient (Wildman–Crippen LogP) is 4.57. The fourth-order valence-electron chi connectivity index (χ4n) is 3.44. The maximum absolute atomic E-state index is 13.4. The Kier molecular flexibility index (Phi) is 6.17. The van der Waals surface area contributed by atoms with Crippen LogP contribution in [0, 0.1) is 11.3 Å². The van der Waals surface area contributed by atoms with Gasteiger partial charge in [-0.05, 0) is 36.4 Å². The fraction of sp³-hybridized carbons (Fsp3) is 0.0800. The zero-order chi connectivity index (χ0) is 24.3. The van der Waals surface area contributed by atoms with Crippen LogP contribution in [0.25, 0.3) is 0 Å². The highest BCUT2D eigenvalue weighted by molar-refractivity contribution is 6.11. The first-order valence-corrected chi connectivity index (χ1v) is 10.1. The molecule has 3 aromatic rings. The third kappa shape index (κ3) is 4.82. The molecule has 34 heavy (non-hydrogen) atoms. The molecule has 0 radical (unpaired) electrons. The largest absolute Gasteiger partial charge is 0.409 e. The number of nitrogens with zero attached hydrogens (tertiary/aromatic N) is 2. The number of alkyl halides is 3. The normalized spacial score (nSPS) is 15.4. The van der Waals surface area contributed by atoms with Gasteiger partial charge in [0.25, 0.3) is 5.91 Å². The Hall–Kier alpha value is -4.42. The van der Waals surface area contributed by atoms with Crippen LogP contribution < -0.4 is 15.8 Å². The second kappa shape index (κ2) is 9.21. The summed E-state index contributed by atoms with van der Waals surface area (Å²) in [4.78, 5) is 25.7. The highest BCUT2D eigenvalue weighted by atomic mass is 19.4. The minimum Gasteiger partial charge on any atom is -0.321 e. The van der Waals surface area contributed by atoms with Crippen molar-refractivity contribution in [2.75, 3.05) is 10.3 Å². The number of nitrogens with one attached hydrogen (secondary N) is 2. The average molecular weight is 462 g/mol. The van der Waals surface area contributed by atoms with Crippen molar-refractivity contribution in [3.63, 3.8) is 0 Å². The summed E-state index contributed by atoms with van der Waals surface area (Å²) < 4.78 is 40.2. The van der Waals surface area contributed by atoms with Gasteiger partial charge in [0.2, 0.25) is 0 Å². The highest BCUT2D eigenvalue weighted by Crippen LogP contribution is 2.31. The van der Waals surface area contributed by atoms with Crippen molar-refractivity contribution in [1.82, 2.24) is 5.43 Å². The van der Waals surface area contributed by atoms with Gasteiger partial charge in [-0.25, -0.2) is 5.43 Å². The molecular formula is C25H17F3N4O2. The summed E-state index contributed by atoms with van der Waals surface area (Å²) in [6.45, 7) is 0. The van der Waals surface area contributed by atoms with Gasteiger partial charge < -0.3 is 5.32 Å². The Balaban J connectivity index is 1.61. The first kappa shape index (κ1) is 22.8. The first-order valence-electron chi connectivity index (χ1n) is 10.1. The summed E-state index contributed by atoms with van der Waals surface area (Å²) in [7, 11) is 0. The Morgan fingerprint density at radius 2 is 1.65 bits per heavy atom. The van der Waals surface area contributed by atoms with E-state index < -0.39 is 18.1 Å². The third-order valence-electron chi connectivity index (χ3n) is 5.07. The molecule has 4 rings (SSSR count). The highest BCUT2D eigenvalue weighted by Gasteiger charge is 2.45. The number of rotatable bonds is 5. The van der Waals surface area contributed by atoms with Crippen LogP contribution >= 0.6 is 0 Å². The van der Waals surface area contributed by atoms with Crippen LogP contribution in [-0.2, 0) is 4.79 Å². The number of hydrogen-bond donors (Lipinski definition) is 2. The van der Waals surface area contributed by atoms with Gasteiger partial charge in [0, 0.05) is 16.8 Å². The van der Waals surface area contributed by atoms with Crippen molar-refractivity contribution < 1.29 is 22.8 Å². The van der Waals surface area contributed by atoms with Crippen LogP contribution in [-0.4, -0.2) is 23.9 Å². The van der Waals surface area contributed by atoms with E-state index in [0.717, 1.165) is 11.1 Å². The Bertz CT molecular complexity index is 1310. The van der Waals surface area contributed by atoms with Crippen LogP contribution in [0.2, 0.25) is 0 Å². The van der Waals surface area contributed by atoms with E-state index in [2.05, 4.69) is 10.7 Å². The van der Waals surface area contributed by atoms with Crippen LogP contribution in [0.15, 0.2) is 90.6 Å². The molecule has 9 heteroatoms. The number of amides is 1. The number of anilines is 2. The molecule has 0 saturated carbocycles. The molecule has 0 fully saturated rings. The molecular weight excluding hydrogens is 445 g/mol. The van der Waals surface area contributed by atoms with Gasteiger partial charge in [-0.2, -0.15) is 18.4 Å². The number of benzene rings is 3. The number of halogens is 3. The van der Waals surface area contributed by atoms with Crippen molar-refractivity contribution >= 4 is 23.1 Å². The van der Waals surface area contributed by atoms with E-state index in [4.69, 9.17) is 5.26 Å². The minimum atomic E-state index is -4.64. The van der Waals surface area contributed by atoms with Crippen LogP contribution in [0.1, 0.15) is 21.5 Å². The van der Waals surface area contributed by atoms with E-state index in [9.17, 15) is 22.8 Å². The van der Waals surface area contributed by atoms with E-state index in [1.807, 2.05) is 6.07 Å². The maximum atomic E-state index is 13.4. The van der Waals surface area contributed by atoms with Crippen molar-refractivity contribution in [2.45, 2.75) is 12.2 Å². The summed E-state index contributed by atoms with van der Waals surface area (Å²) in [5.74, 6) is -1.07. The minimum absolute atomic E-state index is 0.195. The number of nitriles is 1. The quantitative estimate of drug-likeness (QED) is 0.543. The van der Waals surface area contributed by atoms with E-state index >= 15 is 0 Å². The van der Waals surface area contributed by atoms with Gasteiger partial charge in [-0.1, -0.05) is 48.5 Å². The molecule has 1 heterocycles. The van der Waals surface area contributed by atoms with Crippen LogP contribution in [0.5, 0.6) is 0 Å². The molecule has 3 aromatic carbocycles. The number of ketones is 1. The van der Waals surface area contributed by atoms with Crippen molar-refractivity contribution in [3.8, 4) is 6.07 Å². The van der Waals surface area contributed by atoms with Crippen molar-refractivity contribution in [1.29, 1.82) is 5.26 Å². The lowest BCUT2D eigenvalue weighted by molar-refractivity contribution is -0.142. The molecule has 0 aromatic heterocycles. The number of carbonyl (C=O) groups excluding carboxylic acids is 2. The molecule has 0 spiro atoms. The van der Waals surface area contributed by atoms with Crippen LogP contribution in [0.4, 0.5) is 24.5 Å². The molecule has 170 valence electrons. The molecule has 0 aliphatic carbocycles. The number of hydrogen-bond acceptors (Lipinski definition) is 5. The molecule has 0 bridgehead atoms. The van der Waals surface area contributed by atoms with Gasteiger partial charge >= 0.3 is 6.18 Å². The monoisotopic (exact) mass is 462 g/mol. The molecule has 6 nitrogen and oxygen atoms in total. The van der Waals surface area contributed by atoms with E-state index in [1.54, 1.807) is 42.5 Å². The van der Waals surface area contributed by atoms with Crippen molar-refractivity contribution in [2.24, 2.45) is 0 Å². The summed E-state index contributed by atoms with van der Waals surface area (Å²) in [6.07, 6.45) is -3.87. The average Bonchev–Trinajstić information content (AvgIpc) is 3.31. The molecule has 0 saturated heterocycles. The van der Waals surface area contributed by atoms with Gasteiger partial charge in [0.05, 0.1) is 17.3 Å². The topological polar surface area (TPSA) is 85.2 Å². The molecule has 1 aliphatic heterocycles. The van der Waals surface area contributed by atoms with Gasteiger partial charge in [-0.3, -0.25) is 14.6 Å². The molecule has 1 amide bonds. The standard InChI is InChI=1S/C25H17F3N4O2/c26-25(27,28)22-14-21(32(31-22)20-11-4-6-16(12-20)15-29)24(34)30-19-10-5-9-18(13-19)23(33)17-7-2-1-3-8-17/h1-14,22,31H,(H,30,34). The SMILES string of the molecule is N#Cc1cccc(N2NC(C(F)(F)F)C=C2C(=O)Nc2cccc(C(=O)c3ccccc3)c2)c1. The molecule has 1 atom stereocenters. The maximum Gasteiger partial charge on any atom is 0.409 e. The van der Waals surface area contributed by atoms with E-state index in [1.165, 1.54) is 36.4 Å². The van der Waals surface area contributed by atoms with E-state index in [0.29, 0.717) is 11.1 Å². The molecule has 1 aliphatic rings. The second-order valence-corrected chi connectivity index (χ2v) is 7.43. The zero-order valence-corrected chi connectivity index (χ0v) is 17.5. The smallest absolute Gasteiger partial charge is 0.321 e. The summed E-state index contributed by atoms with van der Waals surface area (Å²) in [5.41, 5.74) is 3.40. The predicted molar refractivity (Wildman–Crippen MR) is 120 cm³/mol. The third-order valence-corrected chi connectivity index (χ3v) is 5.07. The molecule has 1 unspecified atom stereocenters. The lowest BCUT2D eigenvalue weighted by atomic mass is 10.0. The molecule has 2 N–H and O–H groups in total. The summed E-state index contributed by atoms with van der Waals surface area (Å²) >= 11 is 0. The second-order valence-electron chi connectivity index (χ2n) is 7.43. The van der Waals surface area contributed by atoms with Gasteiger partial charge in [-0.15, -0.1) is 0 Å². The van der Waals surface area contributed by atoms with Crippen molar-refractivity contribution in [3.05, 3.63) is 107 Å². The Morgan fingerprint density at radius 1 is 0.941 bits per heavy atom.